The number of methoxy groups -OCH3 is 1. The minimum absolute atomic E-state index is 0.0945. The largest absolute Gasteiger partial charge is 0.491 e. The van der Waals surface area contributed by atoms with Gasteiger partial charge in [0.15, 0.2) is 0 Å². The van der Waals surface area contributed by atoms with Crippen molar-refractivity contribution in [3.63, 3.8) is 0 Å². The van der Waals surface area contributed by atoms with Gasteiger partial charge in [-0.25, -0.2) is 8.42 Å². The van der Waals surface area contributed by atoms with E-state index in [4.69, 9.17) is 9.47 Å². The number of carbonyl (C=O) groups is 1. The van der Waals surface area contributed by atoms with E-state index in [9.17, 15) is 13.2 Å². The fraction of sp³-hybridized carbons (Fsp3) is 0.588. The third kappa shape index (κ3) is 5.17. The molecule has 1 aromatic carbocycles. The van der Waals surface area contributed by atoms with E-state index in [0.29, 0.717) is 51.6 Å². The van der Waals surface area contributed by atoms with Crippen LogP contribution in [0.15, 0.2) is 29.2 Å². The highest BCUT2D eigenvalue weighted by Crippen LogP contribution is 2.21. The Labute approximate surface area is 149 Å². The first-order valence-electron chi connectivity index (χ1n) is 8.48. The van der Waals surface area contributed by atoms with Crippen molar-refractivity contribution in [2.75, 3.05) is 46.5 Å². The van der Waals surface area contributed by atoms with Gasteiger partial charge in [-0.3, -0.25) is 4.79 Å². The van der Waals surface area contributed by atoms with Gasteiger partial charge in [0.25, 0.3) is 0 Å². The molecule has 1 saturated heterocycles. The lowest BCUT2D eigenvalue weighted by Gasteiger charge is -2.34. The lowest BCUT2D eigenvalue weighted by molar-refractivity contribution is -0.132. The topological polar surface area (TPSA) is 76.2 Å². The van der Waals surface area contributed by atoms with Gasteiger partial charge in [-0.15, -0.1) is 0 Å². The predicted molar refractivity (Wildman–Crippen MR) is 94.1 cm³/mol. The van der Waals surface area contributed by atoms with Gasteiger partial charge in [-0.1, -0.05) is 6.92 Å². The summed E-state index contributed by atoms with van der Waals surface area (Å²) in [6, 6.07) is 6.38. The Balaban J connectivity index is 1.96. The van der Waals surface area contributed by atoms with E-state index < -0.39 is 10.0 Å². The number of piperazine rings is 1. The van der Waals surface area contributed by atoms with E-state index in [0.717, 1.165) is 6.42 Å². The van der Waals surface area contributed by atoms with E-state index in [1.807, 2.05) is 6.92 Å². The number of hydrogen-bond donors (Lipinski definition) is 0. The Morgan fingerprint density at radius 1 is 1.08 bits per heavy atom. The Hall–Kier alpha value is -1.64. The molecule has 140 valence electrons. The maximum atomic E-state index is 12.7. The van der Waals surface area contributed by atoms with Crippen LogP contribution in [0.2, 0.25) is 0 Å². The summed E-state index contributed by atoms with van der Waals surface area (Å²) in [6.45, 7) is 4.37. The second-order valence-electron chi connectivity index (χ2n) is 5.85. The standard InChI is InChI=1S/C17H26N2O5S/c1-3-4-17(20)18-9-11-19(12-10-18)25(21,22)16-7-5-15(6-8-16)24-14-13-23-2/h5-8H,3-4,9-14H2,1-2H3. The van der Waals surface area contributed by atoms with E-state index in [1.165, 1.54) is 4.31 Å². The number of rotatable bonds is 8. The average molecular weight is 370 g/mol. The number of carbonyl (C=O) groups excluding carboxylic acids is 1. The number of ether oxygens (including phenoxy) is 2. The molecule has 0 aliphatic carbocycles. The lowest BCUT2D eigenvalue weighted by Crippen LogP contribution is -2.50. The highest BCUT2D eigenvalue weighted by Gasteiger charge is 2.29. The molecule has 0 spiro atoms. The van der Waals surface area contributed by atoms with E-state index in [2.05, 4.69) is 0 Å². The molecule has 1 fully saturated rings. The molecule has 1 aliphatic heterocycles. The third-order valence-electron chi connectivity index (χ3n) is 4.07. The van der Waals surface area contributed by atoms with Crippen molar-refractivity contribution in [3.05, 3.63) is 24.3 Å². The zero-order chi connectivity index (χ0) is 18.3. The SMILES string of the molecule is CCCC(=O)N1CCN(S(=O)(=O)c2ccc(OCCOC)cc2)CC1. The lowest BCUT2D eigenvalue weighted by atomic mass is 10.2. The second-order valence-corrected chi connectivity index (χ2v) is 7.79. The molecular weight excluding hydrogens is 344 g/mol. The number of amides is 1. The summed E-state index contributed by atoms with van der Waals surface area (Å²) in [5.74, 6) is 0.697. The summed E-state index contributed by atoms with van der Waals surface area (Å²) >= 11 is 0. The van der Waals surface area contributed by atoms with Gasteiger partial charge in [0, 0.05) is 39.7 Å². The fourth-order valence-corrected chi connectivity index (χ4v) is 4.07. The molecule has 25 heavy (non-hydrogen) atoms. The van der Waals surface area contributed by atoms with Crippen LogP contribution in [-0.4, -0.2) is 70.0 Å². The molecule has 1 aromatic rings. The van der Waals surface area contributed by atoms with Gasteiger partial charge in [0.2, 0.25) is 15.9 Å². The molecular formula is C17H26N2O5S. The quantitative estimate of drug-likeness (QED) is 0.646. The minimum atomic E-state index is -3.55. The number of benzene rings is 1. The molecule has 0 saturated carbocycles. The molecule has 1 heterocycles. The van der Waals surface area contributed by atoms with E-state index >= 15 is 0 Å². The summed E-state index contributed by atoms with van der Waals surface area (Å²) in [6.07, 6.45) is 1.31. The summed E-state index contributed by atoms with van der Waals surface area (Å²) in [5, 5.41) is 0. The molecule has 2 rings (SSSR count). The van der Waals surface area contributed by atoms with Crippen LogP contribution in [-0.2, 0) is 19.6 Å². The molecule has 1 amide bonds. The summed E-state index contributed by atoms with van der Waals surface area (Å²) in [4.78, 5) is 13.9. The molecule has 1 aliphatic rings. The Morgan fingerprint density at radius 2 is 1.72 bits per heavy atom. The van der Waals surface area contributed by atoms with Crippen LogP contribution in [0.5, 0.6) is 5.75 Å². The monoisotopic (exact) mass is 370 g/mol. The van der Waals surface area contributed by atoms with Gasteiger partial charge < -0.3 is 14.4 Å². The molecule has 8 heteroatoms. The van der Waals surface area contributed by atoms with E-state index in [-0.39, 0.29) is 10.8 Å². The maximum absolute atomic E-state index is 12.7. The molecule has 0 aromatic heterocycles. The van der Waals surface area contributed by atoms with Gasteiger partial charge in [-0.05, 0) is 30.7 Å². The van der Waals surface area contributed by atoms with Crippen LogP contribution in [0, 0.1) is 0 Å². The first kappa shape index (κ1) is 19.7. The number of hydrogen-bond acceptors (Lipinski definition) is 5. The molecule has 0 atom stereocenters. The van der Waals surface area contributed by atoms with Crippen LogP contribution in [0.4, 0.5) is 0 Å². The Morgan fingerprint density at radius 3 is 2.28 bits per heavy atom. The van der Waals surface area contributed by atoms with Crippen LogP contribution in [0.1, 0.15) is 19.8 Å². The maximum Gasteiger partial charge on any atom is 0.243 e. The highest BCUT2D eigenvalue weighted by atomic mass is 32.2. The number of sulfonamides is 1. The normalized spacial score (nSPS) is 16.0. The van der Waals surface area contributed by atoms with Crippen molar-refractivity contribution in [1.29, 1.82) is 0 Å². The third-order valence-corrected chi connectivity index (χ3v) is 5.99. The van der Waals surface area contributed by atoms with Crippen molar-refractivity contribution in [3.8, 4) is 5.75 Å². The smallest absolute Gasteiger partial charge is 0.243 e. The van der Waals surface area contributed by atoms with Crippen molar-refractivity contribution >= 4 is 15.9 Å². The molecule has 0 N–H and O–H groups in total. The van der Waals surface area contributed by atoms with Gasteiger partial charge >= 0.3 is 0 Å². The minimum Gasteiger partial charge on any atom is -0.491 e. The predicted octanol–water partition coefficient (Wildman–Crippen LogP) is 1.34. The molecule has 0 bridgehead atoms. The second kappa shape index (κ2) is 9.17. The zero-order valence-corrected chi connectivity index (χ0v) is 15.6. The average Bonchev–Trinajstić information content (AvgIpc) is 2.63. The molecule has 0 unspecified atom stereocenters. The fourth-order valence-electron chi connectivity index (χ4n) is 2.65. The Kier molecular flexibility index (Phi) is 7.22. The first-order valence-corrected chi connectivity index (χ1v) is 9.92. The van der Waals surface area contributed by atoms with Gasteiger partial charge in [-0.2, -0.15) is 4.31 Å². The van der Waals surface area contributed by atoms with Crippen LogP contribution in [0.3, 0.4) is 0 Å². The van der Waals surface area contributed by atoms with Crippen LogP contribution < -0.4 is 4.74 Å². The summed E-state index contributed by atoms with van der Waals surface area (Å²) in [5.41, 5.74) is 0. The van der Waals surface area contributed by atoms with Crippen molar-refractivity contribution in [1.82, 2.24) is 9.21 Å². The van der Waals surface area contributed by atoms with Gasteiger partial charge in [0.1, 0.15) is 12.4 Å². The van der Waals surface area contributed by atoms with E-state index in [1.54, 1.807) is 36.3 Å². The van der Waals surface area contributed by atoms with Crippen molar-refractivity contribution in [2.24, 2.45) is 0 Å². The Bertz CT molecular complexity index is 652. The van der Waals surface area contributed by atoms with Crippen LogP contribution in [0.25, 0.3) is 0 Å². The van der Waals surface area contributed by atoms with Crippen molar-refractivity contribution in [2.45, 2.75) is 24.7 Å². The van der Waals surface area contributed by atoms with Gasteiger partial charge in [0.05, 0.1) is 11.5 Å². The van der Waals surface area contributed by atoms with Crippen molar-refractivity contribution < 1.29 is 22.7 Å². The molecule has 7 nitrogen and oxygen atoms in total. The number of nitrogens with zero attached hydrogens (tertiary/aromatic N) is 2. The highest BCUT2D eigenvalue weighted by molar-refractivity contribution is 7.89. The molecule has 0 radical (unpaired) electrons. The summed E-state index contributed by atoms with van der Waals surface area (Å²) in [7, 11) is -1.96. The van der Waals surface area contributed by atoms with Crippen LogP contribution >= 0.6 is 0 Å². The summed E-state index contributed by atoms with van der Waals surface area (Å²) < 4.78 is 37.2. The first-order chi connectivity index (χ1) is 12.0. The zero-order valence-electron chi connectivity index (χ0n) is 14.8.